The Morgan fingerprint density at radius 3 is 2.68 bits per heavy atom. The van der Waals surface area contributed by atoms with E-state index in [1.54, 1.807) is 0 Å². The second-order valence-corrected chi connectivity index (χ2v) is 9.02. The van der Waals surface area contributed by atoms with Crippen molar-refractivity contribution in [3.63, 3.8) is 0 Å². The second kappa shape index (κ2) is 9.94. The molecule has 6 atom stereocenters. The number of carboxylic acid groups (broad SMARTS) is 1. The van der Waals surface area contributed by atoms with E-state index in [-0.39, 0.29) is 12.3 Å². The fourth-order valence-electron chi connectivity index (χ4n) is 5.74. The molecule has 4 nitrogen and oxygen atoms in total. The van der Waals surface area contributed by atoms with Crippen molar-refractivity contribution < 1.29 is 20.1 Å². The Labute approximate surface area is 169 Å². The third kappa shape index (κ3) is 4.81. The van der Waals surface area contributed by atoms with Crippen molar-refractivity contribution in [2.75, 3.05) is 0 Å². The predicted molar refractivity (Wildman–Crippen MR) is 109 cm³/mol. The van der Waals surface area contributed by atoms with Gasteiger partial charge in [0.05, 0.1) is 12.0 Å². The third-order valence-electron chi connectivity index (χ3n) is 7.24. The van der Waals surface area contributed by atoms with Crippen LogP contribution in [-0.2, 0) is 4.79 Å². The first-order valence-electron chi connectivity index (χ1n) is 11.3. The maximum Gasteiger partial charge on any atom is 0.303 e. The van der Waals surface area contributed by atoms with Gasteiger partial charge in [0.1, 0.15) is 6.10 Å². The van der Waals surface area contributed by atoms with Gasteiger partial charge in [0.25, 0.3) is 0 Å². The molecule has 0 bridgehead atoms. The van der Waals surface area contributed by atoms with Gasteiger partial charge in [0.2, 0.25) is 0 Å². The molecule has 0 aromatic rings. The smallest absolute Gasteiger partial charge is 0.303 e. The van der Waals surface area contributed by atoms with Gasteiger partial charge in [-0.2, -0.15) is 0 Å². The molecule has 4 heteroatoms. The van der Waals surface area contributed by atoms with Crippen molar-refractivity contribution in [2.24, 2.45) is 29.6 Å². The van der Waals surface area contributed by atoms with E-state index in [0.29, 0.717) is 30.1 Å². The van der Waals surface area contributed by atoms with Crippen molar-refractivity contribution in [2.45, 2.75) is 89.8 Å². The standard InChI is InChI=1S/C24H36O4/c1-2-3-9-18-17(10-6-11-23(27)28)19-12-15-22(26)20(24(18)19)13-14-21(25)16-7-4-5-8-16/h10,16,18-22,24-26H,2-9,11-12,15H2,1H3,(H,27,28)/t18?,19-,20+,21?,22-,24+/m1/s1. The molecule has 156 valence electrons. The third-order valence-corrected chi connectivity index (χ3v) is 7.24. The van der Waals surface area contributed by atoms with Crippen LogP contribution in [0.5, 0.6) is 0 Å². The fourth-order valence-corrected chi connectivity index (χ4v) is 5.74. The van der Waals surface area contributed by atoms with Gasteiger partial charge in [0.15, 0.2) is 0 Å². The topological polar surface area (TPSA) is 77.8 Å². The first kappa shape index (κ1) is 21.4. The minimum Gasteiger partial charge on any atom is -0.481 e. The SMILES string of the molecule is CCCCC1C(=CCCC(=O)O)[C@H]2CC[C@@H](O)[C@H](C#CC(O)C3CCCC3)[C@@H]12. The molecule has 3 saturated carbocycles. The number of aliphatic carboxylic acids is 1. The molecule has 0 saturated heterocycles. The summed E-state index contributed by atoms with van der Waals surface area (Å²) in [5.74, 6) is 7.11. The molecular formula is C24H36O4. The summed E-state index contributed by atoms with van der Waals surface area (Å²) in [7, 11) is 0. The molecular weight excluding hydrogens is 352 g/mol. The summed E-state index contributed by atoms with van der Waals surface area (Å²) in [6, 6.07) is 0. The van der Waals surface area contributed by atoms with E-state index >= 15 is 0 Å². The van der Waals surface area contributed by atoms with Gasteiger partial charge in [-0.05, 0) is 62.2 Å². The number of carbonyl (C=O) groups is 1. The van der Waals surface area contributed by atoms with Gasteiger partial charge >= 0.3 is 5.97 Å². The summed E-state index contributed by atoms with van der Waals surface area (Å²) in [5, 5.41) is 30.0. The molecule has 3 rings (SSSR count). The Hall–Kier alpha value is -1.31. The lowest BCUT2D eigenvalue weighted by atomic mass is 9.50. The largest absolute Gasteiger partial charge is 0.481 e. The van der Waals surface area contributed by atoms with E-state index in [1.165, 1.54) is 18.4 Å². The van der Waals surface area contributed by atoms with E-state index in [1.807, 2.05) is 0 Å². The maximum atomic E-state index is 10.9. The van der Waals surface area contributed by atoms with Crippen LogP contribution in [0.25, 0.3) is 0 Å². The lowest BCUT2D eigenvalue weighted by molar-refractivity contribution is -0.136. The summed E-state index contributed by atoms with van der Waals surface area (Å²) in [5.41, 5.74) is 1.41. The van der Waals surface area contributed by atoms with Crippen LogP contribution in [-0.4, -0.2) is 33.5 Å². The average Bonchev–Trinajstić information content (AvgIpc) is 3.19. The lowest BCUT2D eigenvalue weighted by Crippen LogP contribution is -2.51. The highest BCUT2D eigenvalue weighted by molar-refractivity contribution is 5.66. The zero-order valence-corrected chi connectivity index (χ0v) is 17.1. The van der Waals surface area contributed by atoms with Crippen LogP contribution in [0.3, 0.4) is 0 Å². The number of rotatable bonds is 7. The summed E-state index contributed by atoms with van der Waals surface area (Å²) in [6.45, 7) is 2.19. The number of carboxylic acids is 1. The van der Waals surface area contributed by atoms with Gasteiger partial charge in [0, 0.05) is 6.42 Å². The summed E-state index contributed by atoms with van der Waals surface area (Å²) in [4.78, 5) is 10.9. The summed E-state index contributed by atoms with van der Waals surface area (Å²) in [6.07, 6.45) is 11.5. The summed E-state index contributed by atoms with van der Waals surface area (Å²) >= 11 is 0. The summed E-state index contributed by atoms with van der Waals surface area (Å²) < 4.78 is 0. The zero-order valence-electron chi connectivity index (χ0n) is 17.1. The van der Waals surface area contributed by atoms with Crippen molar-refractivity contribution in [1.82, 2.24) is 0 Å². The van der Waals surface area contributed by atoms with E-state index < -0.39 is 18.2 Å². The quantitative estimate of drug-likeness (QED) is 0.452. The zero-order chi connectivity index (χ0) is 20.1. The molecule has 0 aromatic heterocycles. The molecule has 0 aliphatic heterocycles. The minimum atomic E-state index is -0.749. The molecule has 3 aliphatic rings. The Balaban J connectivity index is 1.73. The Morgan fingerprint density at radius 2 is 2.00 bits per heavy atom. The minimum absolute atomic E-state index is 0.0618. The monoisotopic (exact) mass is 388 g/mol. The first-order chi connectivity index (χ1) is 13.5. The molecule has 0 aromatic carbocycles. The van der Waals surface area contributed by atoms with E-state index in [2.05, 4.69) is 24.8 Å². The van der Waals surface area contributed by atoms with Crippen LogP contribution in [0.1, 0.15) is 77.6 Å². The normalized spacial score (nSPS) is 35.0. The van der Waals surface area contributed by atoms with Gasteiger partial charge < -0.3 is 15.3 Å². The van der Waals surface area contributed by atoms with Crippen molar-refractivity contribution >= 4 is 5.97 Å². The van der Waals surface area contributed by atoms with E-state index in [9.17, 15) is 15.0 Å². The number of allylic oxidation sites excluding steroid dienone is 2. The lowest BCUT2D eigenvalue weighted by Gasteiger charge is -2.55. The Morgan fingerprint density at radius 1 is 1.25 bits per heavy atom. The molecule has 2 unspecified atom stereocenters. The fraction of sp³-hybridized carbons (Fsp3) is 0.792. The second-order valence-electron chi connectivity index (χ2n) is 9.02. The van der Waals surface area contributed by atoms with E-state index in [0.717, 1.165) is 44.9 Å². The number of fused-ring (bicyclic) bond motifs is 1. The van der Waals surface area contributed by atoms with Gasteiger partial charge in [-0.1, -0.05) is 56.1 Å². The molecule has 0 radical (unpaired) electrons. The molecule has 3 N–H and O–H groups in total. The molecule has 3 fully saturated rings. The number of hydrogen-bond donors (Lipinski definition) is 3. The van der Waals surface area contributed by atoms with Crippen molar-refractivity contribution in [3.8, 4) is 11.8 Å². The van der Waals surface area contributed by atoms with Crippen LogP contribution >= 0.6 is 0 Å². The highest BCUT2D eigenvalue weighted by Gasteiger charge is 2.52. The maximum absolute atomic E-state index is 10.9. The van der Waals surface area contributed by atoms with Gasteiger partial charge in [-0.3, -0.25) is 4.79 Å². The number of unbranched alkanes of at least 4 members (excludes halogenated alkanes) is 1. The average molecular weight is 389 g/mol. The Bertz CT molecular complexity index is 622. The van der Waals surface area contributed by atoms with Gasteiger partial charge in [-0.25, -0.2) is 0 Å². The molecule has 3 aliphatic carbocycles. The Kier molecular flexibility index (Phi) is 7.60. The first-order valence-corrected chi connectivity index (χ1v) is 11.3. The number of aliphatic hydroxyl groups is 2. The van der Waals surface area contributed by atoms with Crippen LogP contribution < -0.4 is 0 Å². The van der Waals surface area contributed by atoms with Crippen LogP contribution in [0.2, 0.25) is 0 Å². The molecule has 0 heterocycles. The van der Waals surface area contributed by atoms with Crippen LogP contribution in [0, 0.1) is 41.4 Å². The highest BCUT2D eigenvalue weighted by Crippen LogP contribution is 2.57. The number of aliphatic hydroxyl groups excluding tert-OH is 2. The van der Waals surface area contributed by atoms with Gasteiger partial charge in [-0.15, -0.1) is 0 Å². The molecule has 28 heavy (non-hydrogen) atoms. The highest BCUT2D eigenvalue weighted by atomic mass is 16.4. The number of hydrogen-bond acceptors (Lipinski definition) is 3. The van der Waals surface area contributed by atoms with Crippen LogP contribution in [0.15, 0.2) is 11.6 Å². The molecule has 0 amide bonds. The van der Waals surface area contributed by atoms with Crippen molar-refractivity contribution in [1.29, 1.82) is 0 Å². The molecule has 0 spiro atoms. The van der Waals surface area contributed by atoms with Crippen LogP contribution in [0.4, 0.5) is 0 Å². The van der Waals surface area contributed by atoms with E-state index in [4.69, 9.17) is 5.11 Å². The van der Waals surface area contributed by atoms with Crippen molar-refractivity contribution in [3.05, 3.63) is 11.6 Å². The predicted octanol–water partition coefficient (Wildman–Crippen LogP) is 4.16.